The highest BCUT2D eigenvalue weighted by molar-refractivity contribution is 6.06. The van der Waals surface area contributed by atoms with Gasteiger partial charge in [0.25, 0.3) is 11.5 Å². The number of rotatable bonds is 9. The number of carbonyl (C=O) groups is 2. The molecule has 0 bridgehead atoms. The molecule has 1 heterocycles. The molecule has 8 nitrogen and oxygen atoms in total. The number of nitrogens with one attached hydrogen (secondary N) is 2. The van der Waals surface area contributed by atoms with E-state index >= 15 is 0 Å². The molecule has 0 saturated carbocycles. The second-order valence-corrected chi connectivity index (χ2v) is 7.95. The average Bonchev–Trinajstić information content (AvgIpc) is 2.90. The molecular weight excluding hydrogens is 458 g/mol. The Labute approximate surface area is 208 Å². The SMILES string of the molecule is CCOc1ccccc1NC(=O)CCNC(=O)c1cn(-c2cccc(OC)c2)c(=O)c2ccccc12. The van der Waals surface area contributed by atoms with Crippen molar-refractivity contribution in [2.45, 2.75) is 13.3 Å². The highest BCUT2D eigenvalue weighted by atomic mass is 16.5. The molecule has 0 saturated heterocycles. The molecule has 3 aromatic carbocycles. The third kappa shape index (κ3) is 5.38. The molecule has 2 amide bonds. The lowest BCUT2D eigenvalue weighted by Gasteiger charge is -2.14. The summed E-state index contributed by atoms with van der Waals surface area (Å²) >= 11 is 0. The molecular formula is C28H27N3O5. The van der Waals surface area contributed by atoms with E-state index in [0.717, 1.165) is 0 Å². The molecule has 0 spiro atoms. The maximum atomic E-state index is 13.2. The number of methoxy groups -OCH3 is 1. The van der Waals surface area contributed by atoms with Crippen molar-refractivity contribution < 1.29 is 19.1 Å². The topological polar surface area (TPSA) is 98.7 Å². The molecule has 184 valence electrons. The van der Waals surface area contributed by atoms with Crippen LogP contribution in [0.5, 0.6) is 11.5 Å². The van der Waals surface area contributed by atoms with Crippen LogP contribution < -0.4 is 25.7 Å². The van der Waals surface area contributed by atoms with Crippen LogP contribution in [0.4, 0.5) is 5.69 Å². The predicted octanol–water partition coefficient (Wildman–Crippen LogP) is 4.16. The molecule has 0 fully saturated rings. The van der Waals surface area contributed by atoms with Crippen LogP contribution in [0.1, 0.15) is 23.7 Å². The number of para-hydroxylation sites is 2. The molecule has 1 aromatic heterocycles. The lowest BCUT2D eigenvalue weighted by atomic mass is 10.1. The van der Waals surface area contributed by atoms with Gasteiger partial charge in [-0.2, -0.15) is 0 Å². The third-order valence-corrected chi connectivity index (χ3v) is 5.60. The Kier molecular flexibility index (Phi) is 7.65. The lowest BCUT2D eigenvalue weighted by Crippen LogP contribution is -2.29. The van der Waals surface area contributed by atoms with Crippen LogP contribution in [0.15, 0.2) is 83.8 Å². The van der Waals surface area contributed by atoms with E-state index in [4.69, 9.17) is 9.47 Å². The molecule has 0 aliphatic rings. The van der Waals surface area contributed by atoms with E-state index in [9.17, 15) is 14.4 Å². The Morgan fingerprint density at radius 3 is 2.47 bits per heavy atom. The van der Waals surface area contributed by atoms with Gasteiger partial charge in [-0.25, -0.2) is 0 Å². The standard InChI is InChI=1S/C28H27N3O5/c1-3-36-25-14-7-6-13-24(25)30-26(32)15-16-29-27(33)23-18-31(19-9-8-10-20(17-19)35-2)28(34)22-12-5-4-11-21(22)23/h4-14,17-18H,3,15-16H2,1-2H3,(H,29,33)(H,30,32). The Morgan fingerprint density at radius 1 is 0.944 bits per heavy atom. The number of aromatic nitrogens is 1. The van der Waals surface area contributed by atoms with E-state index < -0.39 is 0 Å². The number of anilines is 1. The second kappa shape index (κ2) is 11.2. The summed E-state index contributed by atoms with van der Waals surface area (Å²) in [7, 11) is 1.55. The van der Waals surface area contributed by atoms with Crippen molar-refractivity contribution in [3.63, 3.8) is 0 Å². The summed E-state index contributed by atoms with van der Waals surface area (Å²) in [5.41, 5.74) is 1.23. The number of amides is 2. The number of ether oxygens (including phenoxy) is 2. The summed E-state index contributed by atoms with van der Waals surface area (Å²) in [6, 6.07) is 21.2. The van der Waals surface area contributed by atoms with Crippen molar-refractivity contribution in [3.05, 3.63) is 94.9 Å². The van der Waals surface area contributed by atoms with Gasteiger partial charge in [0.2, 0.25) is 5.91 Å². The first-order chi connectivity index (χ1) is 17.5. The number of benzene rings is 3. The fourth-order valence-electron chi connectivity index (χ4n) is 3.87. The third-order valence-electron chi connectivity index (χ3n) is 5.60. The first kappa shape index (κ1) is 24.5. The minimum Gasteiger partial charge on any atom is -0.497 e. The van der Waals surface area contributed by atoms with Crippen LogP contribution in [0, 0.1) is 0 Å². The van der Waals surface area contributed by atoms with E-state index in [-0.39, 0.29) is 30.3 Å². The van der Waals surface area contributed by atoms with E-state index in [1.807, 2.05) is 19.1 Å². The maximum Gasteiger partial charge on any atom is 0.262 e. The normalized spacial score (nSPS) is 10.6. The number of pyridine rings is 1. The molecule has 0 radical (unpaired) electrons. The van der Waals surface area contributed by atoms with E-state index in [2.05, 4.69) is 10.6 Å². The van der Waals surface area contributed by atoms with Gasteiger partial charge in [-0.1, -0.05) is 36.4 Å². The minimum absolute atomic E-state index is 0.0691. The lowest BCUT2D eigenvalue weighted by molar-refractivity contribution is -0.116. The van der Waals surface area contributed by atoms with Gasteiger partial charge in [0.1, 0.15) is 11.5 Å². The zero-order chi connectivity index (χ0) is 25.5. The summed E-state index contributed by atoms with van der Waals surface area (Å²) in [6.45, 7) is 2.47. The summed E-state index contributed by atoms with van der Waals surface area (Å²) in [6.07, 6.45) is 1.59. The van der Waals surface area contributed by atoms with E-state index in [0.29, 0.717) is 45.8 Å². The van der Waals surface area contributed by atoms with Gasteiger partial charge in [-0.05, 0) is 37.3 Å². The zero-order valence-corrected chi connectivity index (χ0v) is 20.1. The monoisotopic (exact) mass is 485 g/mol. The van der Waals surface area contributed by atoms with E-state index in [1.165, 1.54) is 10.8 Å². The van der Waals surface area contributed by atoms with Crippen molar-refractivity contribution >= 4 is 28.3 Å². The molecule has 0 aliphatic heterocycles. The number of carbonyl (C=O) groups excluding carboxylic acids is 2. The van der Waals surface area contributed by atoms with Crippen LogP contribution in [-0.2, 0) is 4.79 Å². The van der Waals surface area contributed by atoms with Gasteiger partial charge in [-0.3, -0.25) is 19.0 Å². The fourth-order valence-corrected chi connectivity index (χ4v) is 3.87. The summed E-state index contributed by atoms with van der Waals surface area (Å²) in [4.78, 5) is 38.8. The summed E-state index contributed by atoms with van der Waals surface area (Å²) < 4.78 is 12.2. The number of nitrogens with zero attached hydrogens (tertiary/aromatic N) is 1. The molecule has 0 unspecified atom stereocenters. The molecule has 2 N–H and O–H groups in total. The molecule has 0 aliphatic carbocycles. The van der Waals surface area contributed by atoms with Crippen molar-refractivity contribution in [1.29, 1.82) is 0 Å². The van der Waals surface area contributed by atoms with Crippen molar-refractivity contribution in [2.75, 3.05) is 25.6 Å². The van der Waals surface area contributed by atoms with E-state index in [1.54, 1.807) is 67.8 Å². The Morgan fingerprint density at radius 2 is 1.69 bits per heavy atom. The number of hydrogen-bond donors (Lipinski definition) is 2. The van der Waals surface area contributed by atoms with Crippen molar-refractivity contribution in [2.24, 2.45) is 0 Å². The van der Waals surface area contributed by atoms with Gasteiger partial charge in [0.05, 0.1) is 30.7 Å². The summed E-state index contributed by atoms with van der Waals surface area (Å²) in [5, 5.41) is 6.56. The Balaban J connectivity index is 1.53. The predicted molar refractivity (Wildman–Crippen MR) is 139 cm³/mol. The minimum atomic E-state index is -0.384. The highest BCUT2D eigenvalue weighted by Gasteiger charge is 2.16. The van der Waals surface area contributed by atoms with Crippen LogP contribution in [0.25, 0.3) is 16.5 Å². The summed E-state index contributed by atoms with van der Waals surface area (Å²) in [5.74, 6) is 0.540. The van der Waals surface area contributed by atoms with Crippen molar-refractivity contribution in [3.8, 4) is 17.2 Å². The van der Waals surface area contributed by atoms with Crippen LogP contribution in [0.2, 0.25) is 0 Å². The van der Waals surface area contributed by atoms with Gasteiger partial charge in [0.15, 0.2) is 0 Å². The van der Waals surface area contributed by atoms with Gasteiger partial charge in [0, 0.05) is 36.0 Å². The van der Waals surface area contributed by atoms with Gasteiger partial charge in [-0.15, -0.1) is 0 Å². The quantitative estimate of drug-likeness (QED) is 0.371. The Hall–Kier alpha value is -4.59. The number of hydrogen-bond acceptors (Lipinski definition) is 5. The first-order valence-corrected chi connectivity index (χ1v) is 11.6. The number of fused-ring (bicyclic) bond motifs is 1. The maximum absolute atomic E-state index is 13.2. The molecule has 4 aromatic rings. The van der Waals surface area contributed by atoms with Crippen LogP contribution in [0.3, 0.4) is 0 Å². The van der Waals surface area contributed by atoms with Gasteiger partial charge < -0.3 is 20.1 Å². The fraction of sp³-hybridized carbons (Fsp3) is 0.179. The first-order valence-electron chi connectivity index (χ1n) is 11.6. The molecule has 36 heavy (non-hydrogen) atoms. The molecule has 0 atom stereocenters. The van der Waals surface area contributed by atoms with Gasteiger partial charge >= 0.3 is 0 Å². The molecule has 4 rings (SSSR count). The zero-order valence-electron chi connectivity index (χ0n) is 20.1. The molecule has 8 heteroatoms. The van der Waals surface area contributed by atoms with Crippen LogP contribution >= 0.6 is 0 Å². The Bertz CT molecular complexity index is 1460. The smallest absolute Gasteiger partial charge is 0.262 e. The second-order valence-electron chi connectivity index (χ2n) is 7.95. The highest BCUT2D eigenvalue weighted by Crippen LogP contribution is 2.24. The average molecular weight is 486 g/mol. The van der Waals surface area contributed by atoms with Crippen LogP contribution in [-0.4, -0.2) is 36.6 Å². The largest absolute Gasteiger partial charge is 0.497 e. The van der Waals surface area contributed by atoms with Crippen molar-refractivity contribution in [1.82, 2.24) is 9.88 Å².